The van der Waals surface area contributed by atoms with Crippen molar-refractivity contribution in [1.29, 1.82) is 0 Å². The highest BCUT2D eigenvalue weighted by Gasteiger charge is 2.63. The predicted octanol–water partition coefficient (Wildman–Crippen LogP) is 2.48. The van der Waals surface area contributed by atoms with Gasteiger partial charge in [-0.3, -0.25) is 4.98 Å². The molecule has 0 saturated heterocycles. The molecule has 0 aromatic carbocycles. The number of nitrogens with one attached hydrogen (secondary N) is 1. The second kappa shape index (κ2) is 4.54. The Labute approximate surface area is 110 Å². The number of anilines is 1. The predicted molar refractivity (Wildman–Crippen MR) is 76.3 cm³/mol. The van der Waals surface area contributed by atoms with Gasteiger partial charge in [0, 0.05) is 18.7 Å². The lowest BCUT2D eigenvalue weighted by Gasteiger charge is -2.06. The van der Waals surface area contributed by atoms with Gasteiger partial charge in [-0.25, -0.2) is 0 Å². The van der Waals surface area contributed by atoms with Crippen LogP contribution >= 0.6 is 0 Å². The van der Waals surface area contributed by atoms with Crippen LogP contribution in [0.1, 0.15) is 33.4 Å². The highest BCUT2D eigenvalue weighted by Crippen LogP contribution is 2.67. The van der Waals surface area contributed by atoms with E-state index in [4.69, 9.17) is 5.73 Å². The summed E-state index contributed by atoms with van der Waals surface area (Å²) in [6.45, 7) is 11.5. The van der Waals surface area contributed by atoms with E-state index in [0.717, 1.165) is 36.8 Å². The van der Waals surface area contributed by atoms with Gasteiger partial charge in [0.2, 0.25) is 0 Å². The maximum Gasteiger partial charge on any atom is 0.0501 e. The molecular formula is C15H25N3. The van der Waals surface area contributed by atoms with E-state index in [9.17, 15) is 0 Å². The third-order valence-corrected chi connectivity index (χ3v) is 5.07. The molecule has 1 aromatic rings. The summed E-state index contributed by atoms with van der Waals surface area (Å²) >= 11 is 0. The minimum Gasteiger partial charge on any atom is -0.397 e. The summed E-state index contributed by atoms with van der Waals surface area (Å²) in [5.74, 6) is 0.782. The molecule has 1 aromatic heterocycles. The van der Waals surface area contributed by atoms with E-state index in [1.165, 1.54) is 0 Å². The Balaban J connectivity index is 1.70. The van der Waals surface area contributed by atoms with Gasteiger partial charge >= 0.3 is 0 Å². The van der Waals surface area contributed by atoms with Gasteiger partial charge in [0.25, 0.3) is 0 Å². The number of nitrogens with zero attached hydrogens (tertiary/aromatic N) is 1. The summed E-state index contributed by atoms with van der Waals surface area (Å²) in [4.78, 5) is 4.30. The fraction of sp³-hybridized carbons (Fsp3) is 0.667. The van der Waals surface area contributed by atoms with Gasteiger partial charge in [0.15, 0.2) is 0 Å². The number of pyridine rings is 1. The van der Waals surface area contributed by atoms with Crippen molar-refractivity contribution in [2.45, 2.75) is 34.1 Å². The molecule has 0 aliphatic heterocycles. The monoisotopic (exact) mass is 247 g/mol. The number of rotatable bonds is 5. The van der Waals surface area contributed by atoms with Crippen LogP contribution in [0.2, 0.25) is 0 Å². The van der Waals surface area contributed by atoms with E-state index < -0.39 is 0 Å². The van der Waals surface area contributed by atoms with Crippen LogP contribution < -0.4 is 11.1 Å². The van der Waals surface area contributed by atoms with Crippen LogP contribution in [0.25, 0.3) is 0 Å². The molecule has 0 bridgehead atoms. The zero-order chi connectivity index (χ0) is 13.4. The SMILES string of the molecule is CC1(C)C(CNCCc2ccc(N)cn2)C1(C)C. The van der Waals surface area contributed by atoms with Crippen molar-refractivity contribution in [2.75, 3.05) is 18.8 Å². The van der Waals surface area contributed by atoms with Gasteiger partial charge in [0.05, 0.1) is 11.9 Å². The van der Waals surface area contributed by atoms with Crippen LogP contribution in [0.5, 0.6) is 0 Å². The van der Waals surface area contributed by atoms with Crippen molar-refractivity contribution >= 4 is 5.69 Å². The molecule has 0 radical (unpaired) electrons. The van der Waals surface area contributed by atoms with Gasteiger partial charge < -0.3 is 11.1 Å². The first-order valence-corrected chi connectivity index (χ1v) is 6.77. The van der Waals surface area contributed by atoms with E-state index in [1.54, 1.807) is 6.20 Å². The van der Waals surface area contributed by atoms with Crippen molar-refractivity contribution in [3.63, 3.8) is 0 Å². The Kier molecular flexibility index (Phi) is 3.37. The first kappa shape index (κ1) is 13.3. The Bertz CT molecular complexity index is 392. The van der Waals surface area contributed by atoms with Gasteiger partial charge in [-0.05, 0) is 35.4 Å². The molecule has 0 amide bonds. The molecule has 1 saturated carbocycles. The summed E-state index contributed by atoms with van der Waals surface area (Å²) in [5.41, 5.74) is 8.39. The molecule has 2 rings (SSSR count). The molecule has 0 unspecified atom stereocenters. The molecule has 0 atom stereocenters. The topological polar surface area (TPSA) is 50.9 Å². The summed E-state index contributed by atoms with van der Waals surface area (Å²) < 4.78 is 0. The molecule has 1 aliphatic rings. The van der Waals surface area contributed by atoms with Crippen LogP contribution in [0.15, 0.2) is 18.3 Å². The lowest BCUT2D eigenvalue weighted by Crippen LogP contribution is -2.22. The van der Waals surface area contributed by atoms with E-state index in [0.29, 0.717) is 10.8 Å². The molecule has 1 aliphatic carbocycles. The van der Waals surface area contributed by atoms with Crippen molar-refractivity contribution < 1.29 is 0 Å². The molecule has 100 valence electrons. The number of nitrogens with two attached hydrogens (primary N) is 1. The Morgan fingerprint density at radius 3 is 2.39 bits per heavy atom. The second-order valence-electron chi connectivity index (χ2n) is 6.53. The van der Waals surface area contributed by atoms with Crippen molar-refractivity contribution in [1.82, 2.24) is 10.3 Å². The number of nitrogen functional groups attached to an aromatic ring is 1. The van der Waals surface area contributed by atoms with E-state index in [2.05, 4.69) is 38.0 Å². The molecule has 3 heteroatoms. The van der Waals surface area contributed by atoms with E-state index in [-0.39, 0.29) is 0 Å². The fourth-order valence-corrected chi connectivity index (χ4v) is 2.89. The van der Waals surface area contributed by atoms with Gasteiger partial charge in [-0.15, -0.1) is 0 Å². The fourth-order valence-electron chi connectivity index (χ4n) is 2.89. The summed E-state index contributed by atoms with van der Waals surface area (Å²) in [5, 5.41) is 3.55. The minimum atomic E-state index is 0.472. The number of hydrogen-bond donors (Lipinski definition) is 2. The molecule has 1 heterocycles. The lowest BCUT2D eigenvalue weighted by atomic mass is 10.0. The van der Waals surface area contributed by atoms with Gasteiger partial charge in [0.1, 0.15) is 0 Å². The molecule has 3 N–H and O–H groups in total. The standard InChI is InChI=1S/C15H25N3/c1-14(2)13(15(14,3)4)10-17-8-7-12-6-5-11(16)9-18-12/h5-6,9,13,17H,7-8,10,16H2,1-4H3. The van der Waals surface area contributed by atoms with Crippen LogP contribution in [-0.4, -0.2) is 18.1 Å². The van der Waals surface area contributed by atoms with Crippen molar-refractivity contribution in [3.05, 3.63) is 24.0 Å². The third-order valence-electron chi connectivity index (χ3n) is 5.07. The molecular weight excluding hydrogens is 222 g/mol. The largest absolute Gasteiger partial charge is 0.397 e. The van der Waals surface area contributed by atoms with E-state index in [1.807, 2.05) is 12.1 Å². The summed E-state index contributed by atoms with van der Waals surface area (Å²) in [6.07, 6.45) is 2.69. The Morgan fingerprint density at radius 2 is 1.89 bits per heavy atom. The average Bonchev–Trinajstić information content (AvgIpc) is 2.68. The van der Waals surface area contributed by atoms with Gasteiger partial charge in [-0.2, -0.15) is 0 Å². The average molecular weight is 247 g/mol. The molecule has 1 fully saturated rings. The van der Waals surface area contributed by atoms with Gasteiger partial charge in [-0.1, -0.05) is 27.7 Å². The first-order chi connectivity index (χ1) is 8.35. The quantitative estimate of drug-likeness (QED) is 0.786. The number of aromatic nitrogens is 1. The zero-order valence-electron chi connectivity index (χ0n) is 12.0. The van der Waals surface area contributed by atoms with Crippen molar-refractivity contribution in [3.8, 4) is 0 Å². The lowest BCUT2D eigenvalue weighted by molar-refractivity contribution is 0.457. The highest BCUT2D eigenvalue weighted by molar-refractivity contribution is 5.34. The number of hydrogen-bond acceptors (Lipinski definition) is 3. The van der Waals surface area contributed by atoms with E-state index >= 15 is 0 Å². The maximum atomic E-state index is 5.61. The Hall–Kier alpha value is -1.09. The highest BCUT2D eigenvalue weighted by atomic mass is 14.9. The molecule has 18 heavy (non-hydrogen) atoms. The van der Waals surface area contributed by atoms with Crippen LogP contribution in [0, 0.1) is 16.7 Å². The smallest absolute Gasteiger partial charge is 0.0501 e. The zero-order valence-corrected chi connectivity index (χ0v) is 12.0. The second-order valence-corrected chi connectivity index (χ2v) is 6.53. The first-order valence-electron chi connectivity index (χ1n) is 6.77. The summed E-state index contributed by atoms with van der Waals surface area (Å²) in [7, 11) is 0. The molecule has 3 nitrogen and oxygen atoms in total. The van der Waals surface area contributed by atoms with Crippen molar-refractivity contribution in [2.24, 2.45) is 16.7 Å². The van der Waals surface area contributed by atoms with Crippen LogP contribution in [0.4, 0.5) is 5.69 Å². The minimum absolute atomic E-state index is 0.472. The van der Waals surface area contributed by atoms with Crippen LogP contribution in [-0.2, 0) is 6.42 Å². The maximum absolute atomic E-state index is 5.61. The summed E-state index contributed by atoms with van der Waals surface area (Å²) in [6, 6.07) is 3.91. The Morgan fingerprint density at radius 1 is 1.22 bits per heavy atom. The third kappa shape index (κ3) is 2.37. The molecule has 0 spiro atoms. The normalized spacial score (nSPS) is 20.9. The van der Waals surface area contributed by atoms with Crippen LogP contribution in [0.3, 0.4) is 0 Å².